The molecule has 3 aromatic rings. The Hall–Kier alpha value is -1.97. The highest BCUT2D eigenvalue weighted by atomic mass is 32.2. The fraction of sp³-hybridized carbons (Fsp3) is 0.273. The van der Waals surface area contributed by atoms with Gasteiger partial charge in [-0.15, -0.1) is 11.8 Å². The minimum Gasteiger partial charge on any atom is -0.361 e. The molecule has 0 amide bonds. The van der Waals surface area contributed by atoms with Gasteiger partial charge in [0, 0.05) is 40.3 Å². The van der Waals surface area contributed by atoms with Gasteiger partial charge in [-0.25, -0.2) is 0 Å². The molecule has 0 saturated carbocycles. The first-order chi connectivity index (χ1) is 12.3. The molecule has 2 nitrogen and oxygen atoms in total. The Labute approximate surface area is 152 Å². The fourth-order valence-corrected chi connectivity index (χ4v) is 5.33. The van der Waals surface area contributed by atoms with Gasteiger partial charge >= 0.3 is 0 Å². The summed E-state index contributed by atoms with van der Waals surface area (Å²) in [7, 11) is 2.29. The molecule has 1 aromatic heterocycles. The van der Waals surface area contributed by atoms with E-state index in [4.69, 9.17) is 0 Å². The molecule has 2 aliphatic rings. The van der Waals surface area contributed by atoms with Crippen molar-refractivity contribution in [1.29, 1.82) is 0 Å². The molecule has 2 aromatic carbocycles. The highest BCUT2D eigenvalue weighted by Gasteiger charge is 2.33. The van der Waals surface area contributed by atoms with Crippen LogP contribution in [0.2, 0.25) is 0 Å². The molecule has 0 saturated heterocycles. The molecule has 0 bridgehead atoms. The first kappa shape index (κ1) is 15.3. The number of fused-ring (bicyclic) bond motifs is 2. The third-order valence-electron chi connectivity index (χ3n) is 5.55. The molecule has 1 aliphatic carbocycles. The number of hydrogen-bond donors (Lipinski definition) is 1. The van der Waals surface area contributed by atoms with Gasteiger partial charge in [-0.2, -0.15) is 0 Å². The second-order valence-electron chi connectivity index (χ2n) is 7.21. The van der Waals surface area contributed by atoms with Gasteiger partial charge in [0.25, 0.3) is 0 Å². The monoisotopic (exact) mass is 346 g/mol. The molecule has 0 radical (unpaired) electrons. The molecule has 0 spiro atoms. The number of hydrogen-bond acceptors (Lipinski definition) is 2. The molecule has 1 aliphatic heterocycles. The highest BCUT2D eigenvalue weighted by Crippen LogP contribution is 2.41. The number of H-pyrrole nitrogens is 1. The number of nitrogens with one attached hydrogen (secondary N) is 1. The van der Waals surface area contributed by atoms with Crippen molar-refractivity contribution in [3.8, 4) is 0 Å². The number of aromatic nitrogens is 1. The topological polar surface area (TPSA) is 19.0 Å². The third kappa shape index (κ3) is 2.62. The van der Waals surface area contributed by atoms with Gasteiger partial charge in [0.2, 0.25) is 0 Å². The molecular weight excluding hydrogens is 324 g/mol. The first-order valence-corrected chi connectivity index (χ1v) is 9.97. The number of aromatic amines is 1. The zero-order valence-corrected chi connectivity index (χ0v) is 15.2. The van der Waals surface area contributed by atoms with Gasteiger partial charge < -0.3 is 4.98 Å². The molecule has 1 N–H and O–H groups in total. The Morgan fingerprint density at radius 3 is 2.88 bits per heavy atom. The normalized spacial score (nSPS) is 22.7. The first-order valence-electron chi connectivity index (χ1n) is 8.99. The number of thioether (sulfide) groups is 1. The summed E-state index contributed by atoms with van der Waals surface area (Å²) in [6.45, 7) is 1.14. The predicted molar refractivity (Wildman–Crippen MR) is 107 cm³/mol. The van der Waals surface area contributed by atoms with Crippen LogP contribution in [0.25, 0.3) is 16.5 Å². The molecule has 3 heteroatoms. The van der Waals surface area contributed by atoms with E-state index in [2.05, 4.69) is 77.7 Å². The van der Waals surface area contributed by atoms with Gasteiger partial charge in [0.15, 0.2) is 0 Å². The van der Waals surface area contributed by atoms with Crippen molar-refractivity contribution >= 4 is 28.2 Å². The Morgan fingerprint density at radius 1 is 1.12 bits per heavy atom. The zero-order valence-electron chi connectivity index (χ0n) is 14.4. The molecule has 126 valence electrons. The number of nitrogens with zero attached hydrogens (tertiary/aromatic N) is 1. The van der Waals surface area contributed by atoms with E-state index in [1.165, 1.54) is 32.5 Å². The number of likely N-dealkylation sites (N-methyl/N-ethyl adjacent to an activating group) is 1. The van der Waals surface area contributed by atoms with E-state index < -0.39 is 0 Å². The smallest absolute Gasteiger partial charge is 0.0462 e. The molecule has 2 heterocycles. The summed E-state index contributed by atoms with van der Waals surface area (Å²) in [4.78, 5) is 7.37. The van der Waals surface area contributed by atoms with Crippen molar-refractivity contribution in [3.63, 3.8) is 0 Å². The minimum atomic E-state index is 0.520. The van der Waals surface area contributed by atoms with Crippen molar-refractivity contribution in [2.24, 2.45) is 5.92 Å². The van der Waals surface area contributed by atoms with Crippen molar-refractivity contribution in [1.82, 2.24) is 9.88 Å². The molecule has 2 atom stereocenters. The largest absolute Gasteiger partial charge is 0.361 e. The Balaban J connectivity index is 1.48. The van der Waals surface area contributed by atoms with Crippen molar-refractivity contribution in [2.45, 2.75) is 17.4 Å². The van der Waals surface area contributed by atoms with E-state index >= 15 is 0 Å². The van der Waals surface area contributed by atoms with E-state index in [1.54, 1.807) is 0 Å². The summed E-state index contributed by atoms with van der Waals surface area (Å²) in [6.07, 6.45) is 5.89. The minimum absolute atomic E-state index is 0.520. The van der Waals surface area contributed by atoms with E-state index in [9.17, 15) is 0 Å². The van der Waals surface area contributed by atoms with Crippen LogP contribution in [0.15, 0.2) is 65.7 Å². The predicted octanol–water partition coefficient (Wildman–Crippen LogP) is 4.83. The molecular formula is C22H22N2S. The van der Waals surface area contributed by atoms with Crippen LogP contribution in [0.3, 0.4) is 0 Å². The fourth-order valence-electron chi connectivity index (χ4n) is 4.37. The number of benzene rings is 2. The van der Waals surface area contributed by atoms with Gasteiger partial charge in [-0.3, -0.25) is 4.90 Å². The second-order valence-corrected chi connectivity index (χ2v) is 8.30. The van der Waals surface area contributed by atoms with E-state index in [-0.39, 0.29) is 0 Å². The van der Waals surface area contributed by atoms with Crippen LogP contribution in [-0.2, 0) is 6.42 Å². The summed E-state index contributed by atoms with van der Waals surface area (Å²) in [6, 6.07) is 18.0. The van der Waals surface area contributed by atoms with Crippen molar-refractivity contribution < 1.29 is 0 Å². The van der Waals surface area contributed by atoms with Crippen LogP contribution >= 0.6 is 11.8 Å². The molecule has 0 unspecified atom stereocenters. The van der Waals surface area contributed by atoms with Crippen LogP contribution in [0, 0.1) is 5.92 Å². The quantitative estimate of drug-likeness (QED) is 0.685. The lowest BCUT2D eigenvalue weighted by molar-refractivity contribution is 0.253. The Morgan fingerprint density at radius 2 is 2.00 bits per heavy atom. The SMILES string of the molecule is CN1C[C@H](CSc2ccccc2)C=C2c3cccc4[nH]cc(c34)C[C@H]21. The van der Waals surface area contributed by atoms with Crippen LogP contribution < -0.4 is 0 Å². The summed E-state index contributed by atoms with van der Waals surface area (Å²) < 4.78 is 0. The maximum Gasteiger partial charge on any atom is 0.0462 e. The Kier molecular flexibility index (Phi) is 3.72. The van der Waals surface area contributed by atoms with Crippen molar-refractivity contribution in [3.05, 3.63) is 71.9 Å². The van der Waals surface area contributed by atoms with E-state index in [0.717, 1.165) is 18.7 Å². The highest BCUT2D eigenvalue weighted by molar-refractivity contribution is 7.99. The Bertz CT molecular complexity index is 941. The summed E-state index contributed by atoms with van der Waals surface area (Å²) in [5, 5.41) is 1.44. The molecule has 25 heavy (non-hydrogen) atoms. The van der Waals surface area contributed by atoms with E-state index in [1.807, 2.05) is 11.8 Å². The van der Waals surface area contributed by atoms with E-state index in [0.29, 0.717) is 12.0 Å². The zero-order chi connectivity index (χ0) is 16.8. The van der Waals surface area contributed by atoms with Gasteiger partial charge in [-0.1, -0.05) is 36.4 Å². The standard InChI is InChI=1S/C22H22N2S/c1-24-13-15(14-25-17-6-3-2-4-7-17)10-19-18-8-5-9-20-22(18)16(12-23-20)11-21(19)24/h2-10,12,15,21,23H,11,13-14H2,1H3/t15-,21-/m1/s1. The maximum absolute atomic E-state index is 3.45. The maximum atomic E-state index is 3.45. The van der Waals surface area contributed by atoms with Crippen LogP contribution in [0.5, 0.6) is 0 Å². The average molecular weight is 346 g/mol. The van der Waals surface area contributed by atoms with Crippen LogP contribution in [0.4, 0.5) is 0 Å². The van der Waals surface area contributed by atoms with Gasteiger partial charge in [0.1, 0.15) is 0 Å². The lowest BCUT2D eigenvalue weighted by atomic mass is 9.80. The van der Waals surface area contributed by atoms with Crippen LogP contribution in [0.1, 0.15) is 11.1 Å². The average Bonchev–Trinajstić information content (AvgIpc) is 3.06. The summed E-state index contributed by atoms with van der Waals surface area (Å²) >= 11 is 1.97. The van der Waals surface area contributed by atoms with Crippen molar-refractivity contribution in [2.75, 3.05) is 19.3 Å². The number of rotatable bonds is 3. The molecule has 0 fully saturated rings. The van der Waals surface area contributed by atoms with Crippen LogP contribution in [-0.4, -0.2) is 35.3 Å². The molecule has 5 rings (SSSR count). The van der Waals surface area contributed by atoms with Gasteiger partial charge in [0.05, 0.1) is 0 Å². The second kappa shape index (κ2) is 6.08. The summed E-state index contributed by atoms with van der Waals surface area (Å²) in [5.41, 5.74) is 5.71. The lowest BCUT2D eigenvalue weighted by Gasteiger charge is -2.40. The summed E-state index contributed by atoms with van der Waals surface area (Å²) in [5.74, 6) is 1.73. The lowest BCUT2D eigenvalue weighted by Crippen LogP contribution is -2.43. The third-order valence-corrected chi connectivity index (χ3v) is 6.75. The van der Waals surface area contributed by atoms with Gasteiger partial charge in [-0.05, 0) is 54.3 Å².